The van der Waals surface area contributed by atoms with E-state index in [9.17, 15) is 5.02 Å². The fraction of sp³-hybridized carbons (Fsp3) is 0.111. The Balaban J connectivity index is 1.65. The molecule has 0 aromatic heterocycles. The van der Waals surface area contributed by atoms with Crippen molar-refractivity contribution in [3.63, 3.8) is 0 Å². The quantitative estimate of drug-likeness (QED) is 0.737. The van der Waals surface area contributed by atoms with E-state index in [-0.39, 0.29) is 0 Å². The minimum absolute atomic E-state index is 0.421. The Morgan fingerprint density at radius 2 is 1.68 bits per heavy atom. The van der Waals surface area contributed by atoms with Crippen LogP contribution in [0.25, 0.3) is 10.8 Å². The fourth-order valence-corrected chi connectivity index (χ4v) is 2.81. The van der Waals surface area contributed by atoms with Gasteiger partial charge in [-0.25, -0.2) is 0 Å². The number of hydrogen-bond donors (Lipinski definition) is 1. The normalized spacial score (nSPS) is 13.5. The van der Waals surface area contributed by atoms with Crippen molar-refractivity contribution in [2.75, 3.05) is 0 Å². The lowest BCUT2D eigenvalue weighted by Gasteiger charge is -2.09. The molecular weight excluding hydrogens is 275 g/mol. The number of ether oxygens (including phenoxy) is 1. The number of hydrogen-bond acceptors (Lipinski definition) is 3. The van der Waals surface area contributed by atoms with Gasteiger partial charge in [0, 0.05) is 0 Å². The van der Waals surface area contributed by atoms with E-state index in [4.69, 9.17) is 9.39 Å². The van der Waals surface area contributed by atoms with Crippen LogP contribution in [0.15, 0.2) is 54.6 Å². The molecule has 1 aliphatic heterocycles. The van der Waals surface area contributed by atoms with Crippen molar-refractivity contribution in [2.45, 2.75) is 13.5 Å². The first-order valence-electron chi connectivity index (χ1n) is 7.30. The third-order valence-electron chi connectivity index (χ3n) is 3.98. The topological polar surface area (TPSA) is 38.7 Å². The molecule has 0 unspecified atom stereocenters. The van der Waals surface area contributed by atoms with Crippen LogP contribution >= 0.6 is 0 Å². The average molecular weight is 290 g/mol. The minimum atomic E-state index is -0.812. The van der Waals surface area contributed by atoms with Gasteiger partial charge in [0.2, 0.25) is 0 Å². The molecule has 0 bridgehead atoms. The molecule has 0 radical (unpaired) electrons. The highest BCUT2D eigenvalue weighted by atomic mass is 16.5. The second kappa shape index (κ2) is 5.16. The summed E-state index contributed by atoms with van der Waals surface area (Å²) in [4.78, 5) is 0. The van der Waals surface area contributed by atoms with Crippen LogP contribution < -0.4 is 10.2 Å². The first kappa shape index (κ1) is 13.4. The molecule has 0 saturated carbocycles. The standard InChI is InChI=1S/C18H15BO3/c1-12-2-3-14-9-16(5-4-13(14)8-12)22-17-6-7-18-15(10-17)11-21-19(18)20/h2-10,20H,11H2,1H3. The molecule has 4 rings (SSSR count). The molecule has 3 nitrogen and oxygen atoms in total. The van der Waals surface area contributed by atoms with Crippen LogP contribution in [0.1, 0.15) is 11.1 Å². The Kier molecular flexibility index (Phi) is 3.14. The van der Waals surface area contributed by atoms with Crippen molar-refractivity contribution < 1.29 is 14.4 Å². The fourth-order valence-electron chi connectivity index (χ4n) is 2.81. The smallest absolute Gasteiger partial charge is 0.457 e. The van der Waals surface area contributed by atoms with E-state index in [1.54, 1.807) is 0 Å². The molecule has 0 saturated heterocycles. The molecule has 3 aromatic carbocycles. The van der Waals surface area contributed by atoms with E-state index in [1.807, 2.05) is 30.3 Å². The minimum Gasteiger partial charge on any atom is -0.457 e. The number of fused-ring (bicyclic) bond motifs is 2. The van der Waals surface area contributed by atoms with Crippen LogP contribution in [0.2, 0.25) is 0 Å². The zero-order chi connectivity index (χ0) is 15.1. The van der Waals surface area contributed by atoms with Crippen LogP contribution in [-0.2, 0) is 11.3 Å². The largest absolute Gasteiger partial charge is 0.491 e. The lowest BCUT2D eigenvalue weighted by Crippen LogP contribution is -2.27. The van der Waals surface area contributed by atoms with Gasteiger partial charge in [-0.15, -0.1) is 0 Å². The van der Waals surface area contributed by atoms with E-state index in [0.29, 0.717) is 6.61 Å². The second-order valence-electron chi connectivity index (χ2n) is 5.64. The summed E-state index contributed by atoms with van der Waals surface area (Å²) in [5, 5.41) is 12.0. The van der Waals surface area contributed by atoms with Gasteiger partial charge in [-0.1, -0.05) is 35.9 Å². The molecule has 1 aliphatic rings. The number of aryl methyl sites for hydroxylation is 1. The first-order valence-corrected chi connectivity index (χ1v) is 7.30. The molecule has 0 spiro atoms. The van der Waals surface area contributed by atoms with Crippen molar-refractivity contribution in [3.05, 3.63) is 65.7 Å². The van der Waals surface area contributed by atoms with E-state index in [1.165, 1.54) is 10.9 Å². The number of rotatable bonds is 2. The van der Waals surface area contributed by atoms with Crippen molar-refractivity contribution in [3.8, 4) is 11.5 Å². The van der Waals surface area contributed by atoms with Crippen LogP contribution in [0, 0.1) is 6.92 Å². The molecule has 1 heterocycles. The highest BCUT2D eigenvalue weighted by Crippen LogP contribution is 2.27. The molecule has 4 heteroatoms. The summed E-state index contributed by atoms with van der Waals surface area (Å²) in [6, 6.07) is 18.1. The molecule has 22 heavy (non-hydrogen) atoms. The third kappa shape index (κ3) is 2.37. The zero-order valence-electron chi connectivity index (χ0n) is 12.2. The van der Waals surface area contributed by atoms with E-state index < -0.39 is 7.12 Å². The molecular formula is C18H15BO3. The summed E-state index contributed by atoms with van der Waals surface area (Å²) >= 11 is 0. The molecule has 3 aromatic rings. The maximum absolute atomic E-state index is 9.64. The van der Waals surface area contributed by atoms with Gasteiger partial charge in [0.1, 0.15) is 11.5 Å². The Bertz CT molecular complexity index is 860. The molecule has 0 fully saturated rings. The molecule has 0 atom stereocenters. The Labute approximate surface area is 129 Å². The van der Waals surface area contributed by atoms with Crippen molar-refractivity contribution in [1.29, 1.82) is 0 Å². The van der Waals surface area contributed by atoms with E-state index in [0.717, 1.165) is 27.9 Å². The SMILES string of the molecule is Cc1ccc2cc(Oc3ccc4c(c3)COB4O)ccc2c1. The van der Waals surface area contributed by atoms with Gasteiger partial charge in [-0.2, -0.15) is 0 Å². The predicted molar refractivity (Wildman–Crippen MR) is 87.6 cm³/mol. The monoisotopic (exact) mass is 290 g/mol. The van der Waals surface area contributed by atoms with Crippen molar-refractivity contribution in [2.24, 2.45) is 0 Å². The average Bonchev–Trinajstić information content (AvgIpc) is 2.88. The molecule has 0 amide bonds. The van der Waals surface area contributed by atoms with Gasteiger partial charge in [0.25, 0.3) is 0 Å². The maximum Gasteiger partial charge on any atom is 0.491 e. The van der Waals surface area contributed by atoms with Gasteiger partial charge in [-0.05, 0) is 53.0 Å². The molecule has 1 N–H and O–H groups in total. The lowest BCUT2D eigenvalue weighted by atomic mass is 9.80. The summed E-state index contributed by atoms with van der Waals surface area (Å²) in [7, 11) is -0.812. The highest BCUT2D eigenvalue weighted by molar-refractivity contribution is 6.61. The Hall–Kier alpha value is -2.30. The summed E-state index contributed by atoms with van der Waals surface area (Å²) < 4.78 is 11.1. The van der Waals surface area contributed by atoms with E-state index in [2.05, 4.69) is 31.2 Å². The van der Waals surface area contributed by atoms with Crippen LogP contribution in [0.3, 0.4) is 0 Å². The second-order valence-corrected chi connectivity index (χ2v) is 5.64. The van der Waals surface area contributed by atoms with Crippen LogP contribution in [0.5, 0.6) is 11.5 Å². The third-order valence-corrected chi connectivity index (χ3v) is 3.98. The summed E-state index contributed by atoms with van der Waals surface area (Å²) in [6.45, 7) is 2.51. The van der Waals surface area contributed by atoms with Crippen LogP contribution in [0.4, 0.5) is 0 Å². The molecule has 0 aliphatic carbocycles. The van der Waals surface area contributed by atoms with Gasteiger partial charge < -0.3 is 14.4 Å². The zero-order valence-corrected chi connectivity index (χ0v) is 12.2. The summed E-state index contributed by atoms with van der Waals surface area (Å²) in [5.74, 6) is 1.55. The van der Waals surface area contributed by atoms with Gasteiger partial charge in [0.15, 0.2) is 0 Å². The molecule has 108 valence electrons. The lowest BCUT2D eigenvalue weighted by molar-refractivity contribution is 0.275. The van der Waals surface area contributed by atoms with E-state index >= 15 is 0 Å². The van der Waals surface area contributed by atoms with Gasteiger partial charge in [0.05, 0.1) is 6.61 Å². The van der Waals surface area contributed by atoms with Crippen LogP contribution in [-0.4, -0.2) is 12.1 Å². The number of benzene rings is 3. The maximum atomic E-state index is 9.64. The van der Waals surface area contributed by atoms with Gasteiger partial charge in [-0.3, -0.25) is 0 Å². The highest BCUT2D eigenvalue weighted by Gasteiger charge is 2.27. The van der Waals surface area contributed by atoms with Crippen molar-refractivity contribution >= 4 is 23.4 Å². The Morgan fingerprint density at radius 1 is 0.955 bits per heavy atom. The Morgan fingerprint density at radius 3 is 2.59 bits per heavy atom. The summed E-state index contributed by atoms with van der Waals surface area (Å²) in [6.07, 6.45) is 0. The summed E-state index contributed by atoms with van der Waals surface area (Å²) in [5.41, 5.74) is 3.04. The van der Waals surface area contributed by atoms with Gasteiger partial charge >= 0.3 is 7.12 Å². The first-order chi connectivity index (χ1) is 10.7. The predicted octanol–water partition coefficient (Wildman–Crippen LogP) is 3.16. The van der Waals surface area contributed by atoms with Crippen molar-refractivity contribution in [1.82, 2.24) is 0 Å².